The summed E-state index contributed by atoms with van der Waals surface area (Å²) in [6, 6.07) is 14.8. The molecule has 0 atom stereocenters. The van der Waals surface area contributed by atoms with Crippen LogP contribution in [-0.4, -0.2) is 45.2 Å². The highest BCUT2D eigenvalue weighted by atomic mass is 32.2. The van der Waals surface area contributed by atoms with E-state index in [1.165, 1.54) is 5.56 Å². The van der Waals surface area contributed by atoms with E-state index < -0.39 is 10.0 Å². The number of nitrogens with zero attached hydrogens (tertiary/aromatic N) is 2. The van der Waals surface area contributed by atoms with E-state index in [0.717, 1.165) is 22.5 Å². The van der Waals surface area contributed by atoms with Crippen molar-refractivity contribution in [3.63, 3.8) is 0 Å². The molecular weight excluding hydrogens is 364 g/mol. The quantitative estimate of drug-likeness (QED) is 0.762. The first-order chi connectivity index (χ1) is 12.9. The van der Waals surface area contributed by atoms with E-state index in [-0.39, 0.29) is 12.5 Å². The summed E-state index contributed by atoms with van der Waals surface area (Å²) in [6.45, 7) is 3.21. The lowest BCUT2D eigenvalue weighted by Crippen LogP contribution is -2.44. The molecule has 0 bridgehead atoms. The molecular formula is C20H24N2O4S. The van der Waals surface area contributed by atoms with Crippen LogP contribution in [0.25, 0.3) is 0 Å². The van der Waals surface area contributed by atoms with E-state index >= 15 is 0 Å². The molecule has 0 fully saturated rings. The summed E-state index contributed by atoms with van der Waals surface area (Å²) in [6.07, 6.45) is 1.89. The SMILES string of the molecule is CCOc1cccc(N(CC(=O)N2CCc3ccccc3C2)S(C)(=O)=O)c1. The number of carbonyl (C=O) groups excluding carboxylic acids is 1. The first-order valence-corrected chi connectivity index (χ1v) is 10.8. The topological polar surface area (TPSA) is 66.9 Å². The summed E-state index contributed by atoms with van der Waals surface area (Å²) < 4.78 is 31.3. The Kier molecular flexibility index (Phi) is 5.70. The van der Waals surface area contributed by atoms with Gasteiger partial charge in [-0.05, 0) is 36.6 Å². The Morgan fingerprint density at radius 1 is 1.15 bits per heavy atom. The molecule has 3 rings (SSSR count). The number of benzene rings is 2. The molecule has 0 N–H and O–H groups in total. The fourth-order valence-corrected chi connectivity index (χ4v) is 4.07. The van der Waals surface area contributed by atoms with E-state index in [1.807, 2.05) is 25.1 Å². The average molecular weight is 388 g/mol. The summed E-state index contributed by atoms with van der Waals surface area (Å²) in [5.41, 5.74) is 2.78. The first-order valence-electron chi connectivity index (χ1n) is 8.93. The molecule has 144 valence electrons. The van der Waals surface area contributed by atoms with Gasteiger partial charge in [0, 0.05) is 19.2 Å². The minimum atomic E-state index is -3.61. The summed E-state index contributed by atoms with van der Waals surface area (Å²) in [5, 5.41) is 0. The largest absolute Gasteiger partial charge is 0.494 e. The van der Waals surface area contributed by atoms with Gasteiger partial charge < -0.3 is 9.64 Å². The number of fused-ring (bicyclic) bond motifs is 1. The van der Waals surface area contributed by atoms with Gasteiger partial charge in [-0.3, -0.25) is 9.10 Å². The molecule has 0 saturated carbocycles. The number of rotatable bonds is 6. The minimum absolute atomic E-state index is 0.211. The standard InChI is InChI=1S/C20H24N2O4S/c1-3-26-19-10-6-9-18(13-19)22(27(2,24)25)15-20(23)21-12-11-16-7-4-5-8-17(16)14-21/h4-10,13H,3,11-12,14-15H2,1-2H3. The zero-order valence-corrected chi connectivity index (χ0v) is 16.4. The number of anilines is 1. The van der Waals surface area contributed by atoms with Gasteiger partial charge in [-0.2, -0.15) is 0 Å². The number of sulfonamides is 1. The molecule has 2 aromatic carbocycles. The van der Waals surface area contributed by atoms with E-state index in [9.17, 15) is 13.2 Å². The van der Waals surface area contributed by atoms with Gasteiger partial charge in [-0.25, -0.2) is 8.42 Å². The van der Waals surface area contributed by atoms with Crippen molar-refractivity contribution in [1.29, 1.82) is 0 Å². The number of hydrogen-bond donors (Lipinski definition) is 0. The number of hydrogen-bond acceptors (Lipinski definition) is 4. The molecule has 0 unspecified atom stereocenters. The molecule has 27 heavy (non-hydrogen) atoms. The predicted molar refractivity (Wildman–Crippen MR) is 105 cm³/mol. The lowest BCUT2D eigenvalue weighted by Gasteiger charge is -2.31. The van der Waals surface area contributed by atoms with E-state index in [1.54, 1.807) is 29.2 Å². The summed E-state index contributed by atoms with van der Waals surface area (Å²) in [7, 11) is -3.61. The van der Waals surface area contributed by atoms with Gasteiger partial charge in [0.25, 0.3) is 0 Å². The molecule has 6 nitrogen and oxygen atoms in total. The van der Waals surface area contributed by atoms with Crippen molar-refractivity contribution < 1.29 is 17.9 Å². The fraction of sp³-hybridized carbons (Fsp3) is 0.350. The maximum Gasteiger partial charge on any atom is 0.243 e. The van der Waals surface area contributed by atoms with Crippen LogP contribution in [0.3, 0.4) is 0 Å². The van der Waals surface area contributed by atoms with Gasteiger partial charge in [0.1, 0.15) is 12.3 Å². The highest BCUT2D eigenvalue weighted by Gasteiger charge is 2.26. The Morgan fingerprint density at radius 3 is 2.59 bits per heavy atom. The third kappa shape index (κ3) is 4.60. The van der Waals surface area contributed by atoms with E-state index in [4.69, 9.17) is 4.74 Å². The Hall–Kier alpha value is -2.54. The Labute approximate surface area is 160 Å². The van der Waals surface area contributed by atoms with Crippen LogP contribution in [0.5, 0.6) is 5.75 Å². The van der Waals surface area contributed by atoms with Crippen LogP contribution in [0.2, 0.25) is 0 Å². The second-order valence-corrected chi connectivity index (χ2v) is 8.44. The third-order valence-electron chi connectivity index (χ3n) is 4.58. The van der Waals surface area contributed by atoms with Crippen LogP contribution in [0.1, 0.15) is 18.1 Å². The molecule has 1 amide bonds. The smallest absolute Gasteiger partial charge is 0.243 e. The van der Waals surface area contributed by atoms with Crippen molar-refractivity contribution >= 4 is 21.6 Å². The molecule has 0 spiro atoms. The Balaban J connectivity index is 1.80. The van der Waals surface area contributed by atoms with Crippen LogP contribution in [0.4, 0.5) is 5.69 Å². The molecule has 0 radical (unpaired) electrons. The van der Waals surface area contributed by atoms with Crippen molar-refractivity contribution in [1.82, 2.24) is 4.90 Å². The highest BCUT2D eigenvalue weighted by Crippen LogP contribution is 2.24. The maximum atomic E-state index is 12.8. The zero-order chi connectivity index (χ0) is 19.4. The lowest BCUT2D eigenvalue weighted by atomic mass is 10.00. The van der Waals surface area contributed by atoms with Crippen LogP contribution in [-0.2, 0) is 27.8 Å². The minimum Gasteiger partial charge on any atom is -0.494 e. The molecule has 1 heterocycles. The van der Waals surface area contributed by atoms with Crippen molar-refractivity contribution in [3.8, 4) is 5.75 Å². The van der Waals surface area contributed by atoms with Crippen LogP contribution in [0.15, 0.2) is 48.5 Å². The van der Waals surface area contributed by atoms with Crippen molar-refractivity contribution in [2.75, 3.05) is 30.3 Å². The van der Waals surface area contributed by atoms with Crippen LogP contribution >= 0.6 is 0 Å². The van der Waals surface area contributed by atoms with Gasteiger partial charge in [-0.1, -0.05) is 30.3 Å². The monoisotopic (exact) mass is 388 g/mol. The Bertz CT molecular complexity index is 927. The molecule has 2 aromatic rings. The highest BCUT2D eigenvalue weighted by molar-refractivity contribution is 7.92. The van der Waals surface area contributed by atoms with Gasteiger partial charge >= 0.3 is 0 Å². The van der Waals surface area contributed by atoms with Gasteiger partial charge in [0.05, 0.1) is 18.6 Å². The Morgan fingerprint density at radius 2 is 1.89 bits per heavy atom. The molecule has 0 saturated heterocycles. The zero-order valence-electron chi connectivity index (χ0n) is 15.6. The molecule has 0 aromatic heterocycles. The normalized spacial score (nSPS) is 13.8. The van der Waals surface area contributed by atoms with Crippen molar-refractivity contribution in [3.05, 3.63) is 59.7 Å². The van der Waals surface area contributed by atoms with Crippen LogP contribution < -0.4 is 9.04 Å². The van der Waals surface area contributed by atoms with Crippen LogP contribution in [0, 0.1) is 0 Å². The summed E-state index contributed by atoms with van der Waals surface area (Å²) in [4.78, 5) is 14.6. The first kappa shape index (κ1) is 19.2. The second-order valence-electron chi connectivity index (χ2n) is 6.53. The number of amides is 1. The summed E-state index contributed by atoms with van der Waals surface area (Å²) in [5.74, 6) is 0.361. The molecule has 0 aliphatic carbocycles. The summed E-state index contributed by atoms with van der Waals surface area (Å²) >= 11 is 0. The van der Waals surface area contributed by atoms with E-state index in [0.29, 0.717) is 31.1 Å². The number of carbonyl (C=O) groups is 1. The van der Waals surface area contributed by atoms with Gasteiger partial charge in [0.15, 0.2) is 0 Å². The average Bonchev–Trinajstić information content (AvgIpc) is 2.65. The lowest BCUT2D eigenvalue weighted by molar-refractivity contribution is -0.130. The van der Waals surface area contributed by atoms with Gasteiger partial charge in [-0.15, -0.1) is 0 Å². The maximum absolute atomic E-state index is 12.8. The fourth-order valence-electron chi connectivity index (χ4n) is 3.23. The number of ether oxygens (including phenoxy) is 1. The predicted octanol–water partition coefficient (Wildman–Crippen LogP) is 2.44. The second kappa shape index (κ2) is 8.00. The molecule has 1 aliphatic rings. The van der Waals surface area contributed by atoms with E-state index in [2.05, 4.69) is 6.07 Å². The van der Waals surface area contributed by atoms with Crippen molar-refractivity contribution in [2.45, 2.75) is 19.9 Å². The third-order valence-corrected chi connectivity index (χ3v) is 5.72. The van der Waals surface area contributed by atoms with Gasteiger partial charge in [0.2, 0.25) is 15.9 Å². The molecule has 1 aliphatic heterocycles. The van der Waals surface area contributed by atoms with Crippen molar-refractivity contribution in [2.24, 2.45) is 0 Å². The molecule has 7 heteroatoms.